The summed E-state index contributed by atoms with van der Waals surface area (Å²) in [6.45, 7) is 3.18. The van der Waals surface area contributed by atoms with Crippen LogP contribution < -0.4 is 9.47 Å². The van der Waals surface area contributed by atoms with E-state index < -0.39 is 18.2 Å². The van der Waals surface area contributed by atoms with E-state index in [1.807, 2.05) is 0 Å². The second-order valence-electron chi connectivity index (χ2n) is 3.79. The highest BCUT2D eigenvalue weighted by Gasteiger charge is 2.33. The zero-order valence-electron chi connectivity index (χ0n) is 11.2. The number of hydrogen-bond donors (Lipinski definition) is 0. The van der Waals surface area contributed by atoms with Gasteiger partial charge in [0.15, 0.2) is 0 Å². The van der Waals surface area contributed by atoms with Crippen LogP contribution in [-0.4, -0.2) is 31.0 Å². The SMILES string of the molecule is CCOC(=O)Cc1nc(OC(F)(F)F)c(C)cc1OC. The minimum absolute atomic E-state index is 0.0239. The standard InChI is InChI=1S/C12H14F3NO4/c1-4-19-10(17)6-8-9(18-3)5-7(2)11(16-8)20-12(13,14)15/h5H,4,6H2,1-3H3. The van der Waals surface area contributed by atoms with Gasteiger partial charge in [-0.2, -0.15) is 0 Å². The van der Waals surface area contributed by atoms with E-state index in [0.29, 0.717) is 0 Å². The van der Waals surface area contributed by atoms with Gasteiger partial charge in [-0.15, -0.1) is 13.2 Å². The first kappa shape index (κ1) is 16.1. The maximum atomic E-state index is 12.2. The average molecular weight is 293 g/mol. The number of pyridine rings is 1. The molecule has 20 heavy (non-hydrogen) atoms. The van der Waals surface area contributed by atoms with E-state index in [9.17, 15) is 18.0 Å². The molecule has 0 fully saturated rings. The van der Waals surface area contributed by atoms with Crippen LogP contribution >= 0.6 is 0 Å². The van der Waals surface area contributed by atoms with Crippen molar-refractivity contribution in [2.24, 2.45) is 0 Å². The number of nitrogens with zero attached hydrogens (tertiary/aromatic N) is 1. The number of ether oxygens (including phenoxy) is 3. The molecule has 1 rings (SSSR count). The number of alkyl halides is 3. The molecule has 5 nitrogen and oxygen atoms in total. The van der Waals surface area contributed by atoms with Gasteiger partial charge in [0.25, 0.3) is 0 Å². The molecule has 0 aliphatic heterocycles. The summed E-state index contributed by atoms with van der Waals surface area (Å²) in [5, 5.41) is 0. The topological polar surface area (TPSA) is 57.7 Å². The average Bonchev–Trinajstić information content (AvgIpc) is 2.31. The van der Waals surface area contributed by atoms with Crippen molar-refractivity contribution in [1.29, 1.82) is 0 Å². The first-order valence-corrected chi connectivity index (χ1v) is 5.72. The van der Waals surface area contributed by atoms with Crippen LogP contribution in [0, 0.1) is 6.92 Å². The van der Waals surface area contributed by atoms with E-state index in [2.05, 4.69) is 9.72 Å². The summed E-state index contributed by atoms with van der Waals surface area (Å²) in [5.41, 5.74) is 0.169. The van der Waals surface area contributed by atoms with Crippen molar-refractivity contribution in [3.63, 3.8) is 0 Å². The fourth-order valence-electron chi connectivity index (χ4n) is 1.47. The molecule has 0 saturated heterocycles. The van der Waals surface area contributed by atoms with Gasteiger partial charge in [0.05, 0.1) is 25.8 Å². The van der Waals surface area contributed by atoms with E-state index in [4.69, 9.17) is 9.47 Å². The fourth-order valence-corrected chi connectivity index (χ4v) is 1.47. The zero-order chi connectivity index (χ0) is 15.3. The molecule has 1 aromatic rings. The number of halogens is 3. The van der Waals surface area contributed by atoms with Crippen LogP contribution in [0.15, 0.2) is 6.07 Å². The van der Waals surface area contributed by atoms with Gasteiger partial charge in [-0.05, 0) is 19.9 Å². The van der Waals surface area contributed by atoms with Crippen LogP contribution in [0.2, 0.25) is 0 Å². The minimum Gasteiger partial charge on any atom is -0.495 e. The zero-order valence-corrected chi connectivity index (χ0v) is 11.2. The van der Waals surface area contributed by atoms with Crippen molar-refractivity contribution < 1.29 is 32.2 Å². The number of carbonyl (C=O) groups excluding carboxylic acids is 1. The van der Waals surface area contributed by atoms with Gasteiger partial charge in [-0.3, -0.25) is 4.79 Å². The number of rotatable bonds is 5. The molecule has 0 amide bonds. The molecular formula is C12H14F3NO4. The summed E-state index contributed by atoms with van der Waals surface area (Å²) < 4.78 is 50.2. The van der Waals surface area contributed by atoms with Crippen molar-refractivity contribution in [2.45, 2.75) is 26.6 Å². The van der Waals surface area contributed by atoms with Crippen molar-refractivity contribution in [3.05, 3.63) is 17.3 Å². The molecule has 0 spiro atoms. The number of carbonyl (C=O) groups is 1. The van der Waals surface area contributed by atoms with E-state index >= 15 is 0 Å². The Morgan fingerprint density at radius 2 is 2.05 bits per heavy atom. The van der Waals surface area contributed by atoms with Crippen molar-refractivity contribution in [1.82, 2.24) is 4.98 Å². The van der Waals surface area contributed by atoms with Gasteiger partial charge in [0, 0.05) is 5.56 Å². The smallest absolute Gasteiger partial charge is 0.495 e. The Morgan fingerprint density at radius 1 is 1.40 bits per heavy atom. The van der Waals surface area contributed by atoms with E-state index in [0.717, 1.165) is 0 Å². The molecule has 0 bridgehead atoms. The molecule has 112 valence electrons. The molecule has 1 heterocycles. The lowest BCUT2D eigenvalue weighted by molar-refractivity contribution is -0.276. The predicted molar refractivity (Wildman–Crippen MR) is 62.5 cm³/mol. The van der Waals surface area contributed by atoms with Crippen LogP contribution in [-0.2, 0) is 16.0 Å². The number of hydrogen-bond acceptors (Lipinski definition) is 5. The van der Waals surface area contributed by atoms with Crippen LogP contribution in [0.5, 0.6) is 11.6 Å². The third-order valence-electron chi connectivity index (χ3n) is 2.26. The van der Waals surface area contributed by atoms with Gasteiger partial charge in [-0.25, -0.2) is 4.98 Å². The lowest BCUT2D eigenvalue weighted by atomic mass is 10.2. The fraction of sp³-hybridized carbons (Fsp3) is 0.500. The van der Waals surface area contributed by atoms with Gasteiger partial charge in [-0.1, -0.05) is 0 Å². The van der Waals surface area contributed by atoms with Gasteiger partial charge in [0.1, 0.15) is 5.75 Å². The normalized spacial score (nSPS) is 11.1. The highest BCUT2D eigenvalue weighted by Crippen LogP contribution is 2.29. The largest absolute Gasteiger partial charge is 0.574 e. The van der Waals surface area contributed by atoms with Crippen LogP contribution in [0.25, 0.3) is 0 Å². The highest BCUT2D eigenvalue weighted by molar-refractivity contribution is 5.73. The van der Waals surface area contributed by atoms with Crippen LogP contribution in [0.1, 0.15) is 18.2 Å². The van der Waals surface area contributed by atoms with Crippen molar-refractivity contribution in [2.75, 3.05) is 13.7 Å². The second kappa shape index (κ2) is 6.44. The summed E-state index contributed by atoms with van der Waals surface area (Å²) in [5.74, 6) is -1.03. The molecule has 8 heteroatoms. The molecule has 0 aliphatic rings. The predicted octanol–water partition coefficient (Wildman–Crippen LogP) is 2.40. The first-order valence-electron chi connectivity index (χ1n) is 5.72. The maximum absolute atomic E-state index is 12.2. The molecule has 0 N–H and O–H groups in total. The van der Waals surface area contributed by atoms with Gasteiger partial charge in [0.2, 0.25) is 5.88 Å². The lowest BCUT2D eigenvalue weighted by Gasteiger charge is -2.14. The van der Waals surface area contributed by atoms with E-state index in [-0.39, 0.29) is 30.0 Å². The number of aryl methyl sites for hydroxylation is 1. The highest BCUT2D eigenvalue weighted by atomic mass is 19.4. The maximum Gasteiger partial charge on any atom is 0.574 e. The Hall–Kier alpha value is -1.99. The molecule has 0 radical (unpaired) electrons. The van der Waals surface area contributed by atoms with Crippen molar-refractivity contribution in [3.8, 4) is 11.6 Å². The molecule has 0 saturated carbocycles. The third kappa shape index (κ3) is 4.60. The Labute approximate surface area is 113 Å². The number of aromatic nitrogens is 1. The van der Waals surface area contributed by atoms with Crippen LogP contribution in [0.4, 0.5) is 13.2 Å². The Balaban J connectivity index is 3.08. The monoisotopic (exact) mass is 293 g/mol. The minimum atomic E-state index is -4.85. The Bertz CT molecular complexity index is 488. The first-order chi connectivity index (χ1) is 9.26. The number of methoxy groups -OCH3 is 1. The van der Waals surface area contributed by atoms with Crippen molar-refractivity contribution >= 4 is 5.97 Å². The second-order valence-corrected chi connectivity index (χ2v) is 3.79. The molecule has 1 aromatic heterocycles. The Morgan fingerprint density at radius 3 is 2.55 bits per heavy atom. The summed E-state index contributed by atoms with van der Waals surface area (Å²) >= 11 is 0. The molecule has 0 aliphatic carbocycles. The molecular weight excluding hydrogens is 279 g/mol. The van der Waals surface area contributed by atoms with E-state index in [1.165, 1.54) is 20.1 Å². The number of esters is 1. The lowest BCUT2D eigenvalue weighted by Crippen LogP contribution is -2.19. The summed E-state index contributed by atoms with van der Waals surface area (Å²) in [6.07, 6.45) is -5.15. The summed E-state index contributed by atoms with van der Waals surface area (Å²) in [4.78, 5) is 15.1. The third-order valence-corrected chi connectivity index (χ3v) is 2.26. The summed E-state index contributed by atoms with van der Waals surface area (Å²) in [7, 11) is 1.33. The van der Waals surface area contributed by atoms with Gasteiger partial charge < -0.3 is 14.2 Å². The van der Waals surface area contributed by atoms with Gasteiger partial charge >= 0.3 is 12.3 Å². The molecule has 0 aromatic carbocycles. The van der Waals surface area contributed by atoms with Crippen LogP contribution in [0.3, 0.4) is 0 Å². The summed E-state index contributed by atoms with van der Waals surface area (Å²) in [6, 6.07) is 1.32. The molecule has 0 unspecified atom stereocenters. The molecule has 0 atom stereocenters. The quantitative estimate of drug-likeness (QED) is 0.780. The Kier molecular flexibility index (Phi) is 5.18. The van der Waals surface area contributed by atoms with E-state index in [1.54, 1.807) is 6.92 Å².